The fourth-order valence-electron chi connectivity index (χ4n) is 9.10. The molecule has 1 aliphatic carbocycles. The van der Waals surface area contributed by atoms with Gasteiger partial charge in [0.25, 0.3) is 0 Å². The summed E-state index contributed by atoms with van der Waals surface area (Å²) in [6.07, 6.45) is 0. The van der Waals surface area contributed by atoms with E-state index in [0.29, 0.717) is 0 Å². The number of thiophene rings is 1. The molecule has 53 heavy (non-hydrogen) atoms. The van der Waals surface area contributed by atoms with Crippen LogP contribution in [0.4, 0.5) is 17.1 Å². The van der Waals surface area contributed by atoms with Crippen LogP contribution in [0.3, 0.4) is 0 Å². The number of para-hydroxylation sites is 1. The second-order valence-corrected chi connectivity index (χ2v) is 16.0. The lowest BCUT2D eigenvalue weighted by molar-refractivity contribution is 0.660. The summed E-state index contributed by atoms with van der Waals surface area (Å²) >= 11 is 1.82. The van der Waals surface area contributed by atoms with Gasteiger partial charge in [0.1, 0.15) is 22.3 Å². The minimum Gasteiger partial charge on any atom is -0.456 e. The highest BCUT2D eigenvalue weighted by Gasteiger charge is 2.36. The van der Waals surface area contributed by atoms with E-state index in [1.165, 1.54) is 47.8 Å². The molecule has 1 aliphatic rings. The number of hydrogen-bond donors (Lipinski definition) is 0. The first kappa shape index (κ1) is 29.2. The van der Waals surface area contributed by atoms with Crippen LogP contribution in [0.2, 0.25) is 0 Å². The van der Waals surface area contributed by atoms with Crippen molar-refractivity contribution in [3.63, 3.8) is 0 Å². The van der Waals surface area contributed by atoms with Gasteiger partial charge in [-0.25, -0.2) is 0 Å². The molecule has 0 bridgehead atoms. The first-order valence-electron chi connectivity index (χ1n) is 18.2. The van der Waals surface area contributed by atoms with Crippen molar-refractivity contribution in [2.24, 2.45) is 0 Å². The van der Waals surface area contributed by atoms with Crippen LogP contribution in [0, 0.1) is 0 Å². The van der Waals surface area contributed by atoms with Crippen molar-refractivity contribution >= 4 is 103 Å². The van der Waals surface area contributed by atoms with Gasteiger partial charge in [-0.2, -0.15) is 0 Å². The van der Waals surface area contributed by atoms with Gasteiger partial charge in [-0.15, -0.1) is 11.3 Å². The molecule has 0 saturated heterocycles. The van der Waals surface area contributed by atoms with Gasteiger partial charge in [0, 0.05) is 64.6 Å². The van der Waals surface area contributed by atoms with Crippen LogP contribution >= 0.6 is 11.3 Å². The zero-order valence-electron chi connectivity index (χ0n) is 29.1. The van der Waals surface area contributed by atoms with E-state index in [1.54, 1.807) is 0 Å². The number of furan rings is 2. The first-order valence-corrected chi connectivity index (χ1v) is 19.0. The molecule has 0 spiro atoms. The lowest BCUT2D eigenvalue weighted by Gasteiger charge is -2.28. The quantitative estimate of drug-likeness (QED) is 0.184. The highest BCUT2D eigenvalue weighted by Crippen LogP contribution is 2.53. The molecule has 0 unspecified atom stereocenters. The minimum absolute atomic E-state index is 0.138. The fourth-order valence-corrected chi connectivity index (χ4v) is 10.2. The summed E-state index contributed by atoms with van der Waals surface area (Å²) in [4.78, 5) is 2.43. The third-order valence-electron chi connectivity index (χ3n) is 11.6. The Bertz CT molecular complexity index is 3340. The second kappa shape index (κ2) is 10.4. The summed E-state index contributed by atoms with van der Waals surface area (Å²) in [5.74, 6) is 0. The van der Waals surface area contributed by atoms with Gasteiger partial charge in [0.2, 0.25) is 0 Å². The summed E-state index contributed by atoms with van der Waals surface area (Å²) in [6.45, 7) is 4.70. The van der Waals surface area contributed by atoms with Crippen molar-refractivity contribution < 1.29 is 8.83 Å². The predicted molar refractivity (Wildman–Crippen MR) is 224 cm³/mol. The Hall–Kier alpha value is -6.36. The smallest absolute Gasteiger partial charge is 0.144 e. The fraction of sp³-hybridized carbons (Fsp3) is 0.0612. The van der Waals surface area contributed by atoms with Crippen LogP contribution in [0.1, 0.15) is 25.0 Å². The van der Waals surface area contributed by atoms with Crippen LogP contribution in [0.25, 0.3) is 85.9 Å². The summed E-state index contributed by atoms with van der Waals surface area (Å²) in [5.41, 5.74) is 12.1. The topological polar surface area (TPSA) is 29.5 Å². The zero-order valence-corrected chi connectivity index (χ0v) is 29.9. The first-order chi connectivity index (χ1) is 26.0. The van der Waals surface area contributed by atoms with Crippen molar-refractivity contribution in [2.75, 3.05) is 4.90 Å². The highest BCUT2D eigenvalue weighted by atomic mass is 32.1. The molecule has 12 rings (SSSR count). The number of hydrogen-bond acceptors (Lipinski definition) is 4. The van der Waals surface area contributed by atoms with Gasteiger partial charge < -0.3 is 13.7 Å². The second-order valence-electron chi connectivity index (χ2n) is 14.9. The van der Waals surface area contributed by atoms with E-state index in [-0.39, 0.29) is 5.41 Å². The summed E-state index contributed by atoms with van der Waals surface area (Å²) in [6, 6.07) is 55.0. The van der Waals surface area contributed by atoms with Crippen LogP contribution in [0.15, 0.2) is 160 Å². The molecule has 8 aromatic carbocycles. The molecule has 3 heterocycles. The van der Waals surface area contributed by atoms with Crippen molar-refractivity contribution in [2.45, 2.75) is 19.3 Å². The van der Waals surface area contributed by atoms with E-state index in [2.05, 4.69) is 158 Å². The average Bonchev–Trinajstić information content (AvgIpc) is 3.92. The highest BCUT2D eigenvalue weighted by molar-refractivity contribution is 7.26. The van der Waals surface area contributed by atoms with E-state index in [9.17, 15) is 0 Å². The van der Waals surface area contributed by atoms with Gasteiger partial charge in [-0.1, -0.05) is 92.7 Å². The van der Waals surface area contributed by atoms with E-state index in [1.807, 2.05) is 23.5 Å². The van der Waals surface area contributed by atoms with Crippen LogP contribution < -0.4 is 4.90 Å². The van der Waals surface area contributed by atoms with E-state index < -0.39 is 0 Å². The maximum Gasteiger partial charge on any atom is 0.144 e. The number of fused-ring (bicyclic) bond motifs is 14. The minimum atomic E-state index is -0.138. The Labute approximate surface area is 308 Å². The van der Waals surface area contributed by atoms with Crippen molar-refractivity contribution in [3.05, 3.63) is 163 Å². The average molecular weight is 698 g/mol. The molecular weight excluding hydrogens is 667 g/mol. The van der Waals surface area contributed by atoms with Gasteiger partial charge >= 0.3 is 0 Å². The number of nitrogens with zero attached hydrogens (tertiary/aromatic N) is 1. The van der Waals surface area contributed by atoms with Gasteiger partial charge in [0.05, 0.1) is 5.69 Å². The number of rotatable bonds is 3. The molecular formula is C49H31NO2S. The Balaban J connectivity index is 1.16. The van der Waals surface area contributed by atoms with Crippen molar-refractivity contribution in [1.82, 2.24) is 0 Å². The zero-order chi connectivity index (χ0) is 35.0. The van der Waals surface area contributed by atoms with Crippen LogP contribution in [0.5, 0.6) is 0 Å². The molecule has 3 nitrogen and oxygen atoms in total. The van der Waals surface area contributed by atoms with Gasteiger partial charge in [0.15, 0.2) is 0 Å². The molecule has 0 fully saturated rings. The number of anilines is 3. The SMILES string of the molecule is CC1(C)c2ccccc2-c2ccc(N(c3ccc4c(c3)oc3ccccc34)c3cccc4sc5ccc6c7cc8ccccc8cc7oc6c5c34)cc21. The lowest BCUT2D eigenvalue weighted by atomic mass is 9.82. The van der Waals surface area contributed by atoms with Crippen molar-refractivity contribution in [3.8, 4) is 11.1 Å². The van der Waals surface area contributed by atoms with Gasteiger partial charge in [-0.05, 0) is 99.8 Å². The monoisotopic (exact) mass is 697 g/mol. The number of benzene rings is 8. The molecule has 0 amide bonds. The Morgan fingerprint density at radius 2 is 1.17 bits per heavy atom. The molecule has 4 heteroatoms. The molecule has 0 saturated carbocycles. The van der Waals surface area contributed by atoms with E-state index in [4.69, 9.17) is 8.83 Å². The predicted octanol–water partition coefficient (Wildman–Crippen LogP) is 14.8. The van der Waals surface area contributed by atoms with Crippen LogP contribution in [-0.2, 0) is 5.41 Å². The molecule has 11 aromatic rings. The largest absolute Gasteiger partial charge is 0.456 e. The standard InChI is InChI=1S/C49H31NO2S/c1-49(2)38-14-7-5-12-32(38)33-20-18-30(26-39(33)49)50(31-19-21-35-34-13-6-8-16-41(34)51-43(35)27-31)40-15-9-17-44-46(40)47-45(53-44)23-22-36-37-24-28-10-3-4-11-29(28)25-42(37)52-48(36)47/h3-27H,1-2H3. The third kappa shape index (κ3) is 3.99. The third-order valence-corrected chi connectivity index (χ3v) is 12.8. The molecule has 0 radical (unpaired) electrons. The normalized spacial score (nSPS) is 13.6. The molecule has 3 aromatic heterocycles. The summed E-state index contributed by atoms with van der Waals surface area (Å²) in [5, 5.41) is 9.27. The molecule has 0 aliphatic heterocycles. The maximum absolute atomic E-state index is 6.87. The maximum atomic E-state index is 6.87. The lowest BCUT2D eigenvalue weighted by Crippen LogP contribution is -2.16. The summed E-state index contributed by atoms with van der Waals surface area (Å²) in [7, 11) is 0. The molecule has 0 atom stereocenters. The van der Waals surface area contributed by atoms with Gasteiger partial charge in [-0.3, -0.25) is 0 Å². The Kier molecular flexibility index (Phi) is 5.72. The van der Waals surface area contributed by atoms with Crippen LogP contribution in [-0.4, -0.2) is 0 Å². The van der Waals surface area contributed by atoms with E-state index in [0.717, 1.165) is 66.3 Å². The molecule has 0 N–H and O–H groups in total. The summed E-state index contributed by atoms with van der Waals surface area (Å²) < 4.78 is 15.8. The Morgan fingerprint density at radius 1 is 0.472 bits per heavy atom. The van der Waals surface area contributed by atoms with Crippen molar-refractivity contribution in [1.29, 1.82) is 0 Å². The van der Waals surface area contributed by atoms with E-state index >= 15 is 0 Å². The molecule has 250 valence electrons. The Morgan fingerprint density at radius 3 is 2.09 bits per heavy atom.